The molecule has 0 saturated carbocycles. The second kappa shape index (κ2) is 5.73. The zero-order valence-electron chi connectivity index (χ0n) is 6.39. The third kappa shape index (κ3) is 4.54. The molecule has 0 aromatic carbocycles. The van der Waals surface area contributed by atoms with Crippen LogP contribution in [0.2, 0.25) is 0 Å². The van der Waals surface area contributed by atoms with Gasteiger partial charge in [0.1, 0.15) is 12.2 Å². The Labute approximate surface area is 92.9 Å². The smallest absolute Gasteiger partial charge is 0.547 e. The van der Waals surface area contributed by atoms with Crippen molar-refractivity contribution < 1.29 is 31.4 Å². The summed E-state index contributed by atoms with van der Waals surface area (Å²) in [6.45, 7) is 0. The molecule has 6 nitrogen and oxygen atoms in total. The SMILES string of the molecule is O=C([O-])C(O)C(O)C(=O)[O-].[Ca+2].[H+]. The van der Waals surface area contributed by atoms with E-state index in [1.54, 1.807) is 0 Å². The fourth-order valence-electron chi connectivity index (χ4n) is 0.258. The minimum atomic E-state index is -2.44. The van der Waals surface area contributed by atoms with Crippen LogP contribution >= 0.6 is 0 Å². The quantitative estimate of drug-likeness (QED) is 0.428. The molecule has 0 fully saturated rings. The first-order valence-electron chi connectivity index (χ1n) is 2.24. The minimum Gasteiger partial charge on any atom is -0.547 e. The summed E-state index contributed by atoms with van der Waals surface area (Å²) in [5.41, 5.74) is 0. The molecule has 0 aliphatic rings. The molecular formula is C4H5CaO6+. The molecule has 58 valence electrons. The van der Waals surface area contributed by atoms with Gasteiger partial charge in [-0.15, -0.1) is 0 Å². The average molecular weight is 189 g/mol. The van der Waals surface area contributed by atoms with Crippen molar-refractivity contribution in [2.75, 3.05) is 0 Å². The maximum Gasteiger partial charge on any atom is 2.00 e. The van der Waals surface area contributed by atoms with E-state index in [9.17, 15) is 19.8 Å². The number of carboxylic acid groups (broad SMARTS) is 2. The van der Waals surface area contributed by atoms with Crippen molar-refractivity contribution in [1.29, 1.82) is 0 Å². The van der Waals surface area contributed by atoms with Crippen LogP contribution in [-0.4, -0.2) is 72.1 Å². The molecule has 0 radical (unpaired) electrons. The number of carbonyl (C=O) groups is 2. The van der Waals surface area contributed by atoms with E-state index in [0.717, 1.165) is 0 Å². The first kappa shape index (κ1) is 13.7. The van der Waals surface area contributed by atoms with Crippen molar-refractivity contribution in [2.45, 2.75) is 12.2 Å². The summed E-state index contributed by atoms with van der Waals surface area (Å²) in [4.78, 5) is 19.3. The molecule has 11 heavy (non-hydrogen) atoms. The van der Waals surface area contributed by atoms with Crippen molar-refractivity contribution in [3.63, 3.8) is 0 Å². The van der Waals surface area contributed by atoms with Gasteiger partial charge in [0.05, 0.1) is 11.9 Å². The Hall–Kier alpha value is 0.120. The normalized spacial score (nSPS) is 14.4. The molecule has 0 aromatic rings. The van der Waals surface area contributed by atoms with E-state index in [0.29, 0.717) is 0 Å². The van der Waals surface area contributed by atoms with Gasteiger partial charge in [-0.2, -0.15) is 0 Å². The Morgan fingerprint density at radius 1 is 1.09 bits per heavy atom. The summed E-state index contributed by atoms with van der Waals surface area (Å²) in [5, 5.41) is 35.7. The second-order valence-corrected chi connectivity index (χ2v) is 1.53. The summed E-state index contributed by atoms with van der Waals surface area (Å²) in [6, 6.07) is 0. The zero-order chi connectivity index (χ0) is 8.31. The van der Waals surface area contributed by atoms with Crippen molar-refractivity contribution in [1.82, 2.24) is 0 Å². The van der Waals surface area contributed by atoms with E-state index in [-0.39, 0.29) is 39.2 Å². The predicted octanol–water partition coefficient (Wildman–Crippen LogP) is -5.06. The van der Waals surface area contributed by atoms with E-state index >= 15 is 0 Å². The Bertz CT molecular complexity index is 144. The number of aliphatic hydroxyl groups is 2. The van der Waals surface area contributed by atoms with Crippen molar-refractivity contribution >= 4 is 49.7 Å². The molecule has 7 heteroatoms. The molecule has 0 aromatic heterocycles. The summed E-state index contributed by atoms with van der Waals surface area (Å²) in [5.74, 6) is -4.12. The van der Waals surface area contributed by atoms with Crippen LogP contribution in [0.15, 0.2) is 0 Å². The van der Waals surface area contributed by atoms with Gasteiger partial charge in [-0.1, -0.05) is 0 Å². The largest absolute Gasteiger partial charge is 2.00 e. The van der Waals surface area contributed by atoms with Crippen LogP contribution in [0.1, 0.15) is 1.43 Å². The fourth-order valence-corrected chi connectivity index (χ4v) is 0.258. The summed E-state index contributed by atoms with van der Waals surface area (Å²) in [6.07, 6.45) is -4.88. The van der Waals surface area contributed by atoms with Crippen LogP contribution in [0.3, 0.4) is 0 Å². The molecule has 0 amide bonds. The third-order valence-electron chi connectivity index (χ3n) is 0.782. The second-order valence-electron chi connectivity index (χ2n) is 1.53. The molecule has 0 aliphatic carbocycles. The van der Waals surface area contributed by atoms with Crippen molar-refractivity contribution in [3.05, 3.63) is 0 Å². The summed E-state index contributed by atoms with van der Waals surface area (Å²) < 4.78 is 0. The van der Waals surface area contributed by atoms with Crippen LogP contribution in [-0.2, 0) is 9.59 Å². The van der Waals surface area contributed by atoms with Gasteiger partial charge in [0.15, 0.2) is 0 Å². The van der Waals surface area contributed by atoms with E-state index in [1.165, 1.54) is 0 Å². The van der Waals surface area contributed by atoms with E-state index < -0.39 is 24.1 Å². The molecule has 0 aliphatic heterocycles. The Morgan fingerprint density at radius 3 is 1.36 bits per heavy atom. The minimum absolute atomic E-state index is 0. The average Bonchev–Trinajstić information content (AvgIpc) is 1.84. The van der Waals surface area contributed by atoms with Gasteiger partial charge in [-0.25, -0.2) is 0 Å². The van der Waals surface area contributed by atoms with Gasteiger partial charge < -0.3 is 30.0 Å². The molecule has 0 rings (SSSR count). The molecule has 2 atom stereocenters. The van der Waals surface area contributed by atoms with E-state index in [4.69, 9.17) is 10.2 Å². The Balaban J connectivity index is -0.000000405. The van der Waals surface area contributed by atoms with Gasteiger partial charge in [-0.05, 0) is 0 Å². The van der Waals surface area contributed by atoms with Crippen LogP contribution in [0.25, 0.3) is 0 Å². The van der Waals surface area contributed by atoms with Crippen LogP contribution in [0.5, 0.6) is 0 Å². The molecule has 0 bridgehead atoms. The molecule has 0 saturated heterocycles. The third-order valence-corrected chi connectivity index (χ3v) is 0.782. The number of hydrogen-bond acceptors (Lipinski definition) is 6. The number of aliphatic carboxylic acids is 2. The van der Waals surface area contributed by atoms with Gasteiger partial charge in [0, 0.05) is 0 Å². The maximum absolute atomic E-state index is 9.63. The van der Waals surface area contributed by atoms with Crippen LogP contribution in [0.4, 0.5) is 0 Å². The van der Waals surface area contributed by atoms with E-state index in [2.05, 4.69) is 0 Å². The number of aliphatic hydroxyl groups excluding tert-OH is 2. The first-order chi connectivity index (χ1) is 4.46. The summed E-state index contributed by atoms with van der Waals surface area (Å²) >= 11 is 0. The zero-order valence-corrected chi connectivity index (χ0v) is 7.60. The van der Waals surface area contributed by atoms with Crippen LogP contribution < -0.4 is 10.2 Å². The topological polar surface area (TPSA) is 121 Å². The molecule has 0 heterocycles. The standard InChI is InChI=1S/C4H6O6.Ca/c5-1(3(7)8)2(6)4(9)10;/h1-2,5-6H,(H,7,8)(H,9,10);/q;+2/p-1. The number of carbonyl (C=O) groups excluding carboxylic acids is 2. The molecule has 2 unspecified atom stereocenters. The predicted molar refractivity (Wildman–Crippen MR) is 28.9 cm³/mol. The van der Waals surface area contributed by atoms with Gasteiger partial charge in [-0.3, -0.25) is 0 Å². The molecule has 2 N–H and O–H groups in total. The van der Waals surface area contributed by atoms with E-state index in [1.807, 2.05) is 0 Å². The van der Waals surface area contributed by atoms with Gasteiger partial charge in [0.2, 0.25) is 0 Å². The first-order valence-corrected chi connectivity index (χ1v) is 2.24. The monoisotopic (exact) mass is 189 g/mol. The molecule has 0 spiro atoms. The maximum atomic E-state index is 9.63. The number of carboxylic acids is 2. The van der Waals surface area contributed by atoms with Crippen molar-refractivity contribution in [2.24, 2.45) is 0 Å². The van der Waals surface area contributed by atoms with Gasteiger partial charge >= 0.3 is 39.2 Å². The number of rotatable bonds is 3. The van der Waals surface area contributed by atoms with Gasteiger partial charge in [0.25, 0.3) is 0 Å². The Morgan fingerprint density at radius 2 is 1.27 bits per heavy atom. The Kier molecular flexibility index (Phi) is 7.13. The molecular weight excluding hydrogens is 184 g/mol. The summed E-state index contributed by atoms with van der Waals surface area (Å²) in [7, 11) is 0. The van der Waals surface area contributed by atoms with Crippen molar-refractivity contribution in [3.8, 4) is 0 Å². The van der Waals surface area contributed by atoms with Crippen LogP contribution in [0, 0.1) is 0 Å². The fraction of sp³-hybridized carbons (Fsp3) is 0.500. The number of hydrogen-bond donors (Lipinski definition) is 2.